The molecule has 1 fully saturated rings. The minimum absolute atomic E-state index is 0.131. The maximum absolute atomic E-state index is 13.5. The van der Waals surface area contributed by atoms with Gasteiger partial charge in [0.1, 0.15) is 11.9 Å². The normalized spacial score (nSPS) is 17.9. The number of hydrogen-bond acceptors (Lipinski definition) is 3. The van der Waals surface area contributed by atoms with E-state index in [0.717, 1.165) is 41.4 Å². The zero-order chi connectivity index (χ0) is 18.8. The summed E-state index contributed by atoms with van der Waals surface area (Å²) in [7, 11) is 0. The van der Waals surface area contributed by atoms with E-state index >= 15 is 0 Å². The van der Waals surface area contributed by atoms with E-state index in [1.165, 1.54) is 12.1 Å². The second-order valence-electron chi connectivity index (χ2n) is 6.76. The standard InChI is InChI=1S/C21H22FN3O2/c1-2-25-13-17(16-9-10-23-12-18(16)25)20(14-5-7-15(22)8-6-14)24-21(26)19-4-3-11-27-19/h5-10,12-13,19-20H,2-4,11H2,1H3,(H,24,26)/t19-,20-/m1/s1. The molecule has 5 nitrogen and oxygen atoms in total. The van der Waals surface area contributed by atoms with E-state index < -0.39 is 6.10 Å². The Morgan fingerprint density at radius 1 is 1.37 bits per heavy atom. The molecule has 1 aliphatic heterocycles. The van der Waals surface area contributed by atoms with Gasteiger partial charge in [-0.3, -0.25) is 9.78 Å². The number of carbonyl (C=O) groups is 1. The first-order valence-electron chi connectivity index (χ1n) is 9.27. The van der Waals surface area contributed by atoms with Gasteiger partial charge in [0.15, 0.2) is 0 Å². The maximum atomic E-state index is 13.5. The van der Waals surface area contributed by atoms with Crippen LogP contribution in [0.3, 0.4) is 0 Å². The number of benzene rings is 1. The van der Waals surface area contributed by atoms with Crippen LogP contribution in [0.1, 0.15) is 36.9 Å². The molecule has 1 N–H and O–H groups in total. The van der Waals surface area contributed by atoms with Crippen molar-refractivity contribution in [3.63, 3.8) is 0 Å². The lowest BCUT2D eigenvalue weighted by Gasteiger charge is -2.21. The third kappa shape index (κ3) is 3.45. The van der Waals surface area contributed by atoms with Crippen LogP contribution in [0.25, 0.3) is 10.9 Å². The van der Waals surface area contributed by atoms with Crippen LogP contribution in [0.5, 0.6) is 0 Å². The van der Waals surface area contributed by atoms with E-state index in [2.05, 4.69) is 21.8 Å². The summed E-state index contributed by atoms with van der Waals surface area (Å²) in [4.78, 5) is 17.0. The molecule has 0 unspecified atom stereocenters. The van der Waals surface area contributed by atoms with Crippen molar-refractivity contribution in [3.05, 3.63) is 65.9 Å². The van der Waals surface area contributed by atoms with Gasteiger partial charge in [0.05, 0.1) is 17.8 Å². The number of rotatable bonds is 5. The van der Waals surface area contributed by atoms with Gasteiger partial charge in [0, 0.05) is 36.5 Å². The molecule has 27 heavy (non-hydrogen) atoms. The summed E-state index contributed by atoms with van der Waals surface area (Å²) in [6.45, 7) is 3.46. The van der Waals surface area contributed by atoms with Gasteiger partial charge in [-0.05, 0) is 43.5 Å². The lowest BCUT2D eigenvalue weighted by molar-refractivity contribution is -0.130. The Bertz CT molecular complexity index is 946. The van der Waals surface area contributed by atoms with E-state index in [1.54, 1.807) is 18.3 Å². The highest BCUT2D eigenvalue weighted by molar-refractivity contribution is 5.86. The average Bonchev–Trinajstić information content (AvgIpc) is 3.35. The first-order valence-corrected chi connectivity index (χ1v) is 9.27. The molecule has 1 aromatic carbocycles. The van der Waals surface area contributed by atoms with Crippen molar-refractivity contribution in [3.8, 4) is 0 Å². The molecule has 4 rings (SSSR count). The number of fused-ring (bicyclic) bond motifs is 1. The first-order chi connectivity index (χ1) is 13.2. The van der Waals surface area contributed by atoms with Crippen LogP contribution in [0.4, 0.5) is 4.39 Å². The number of nitrogens with zero attached hydrogens (tertiary/aromatic N) is 2. The molecule has 1 amide bonds. The Labute approximate surface area is 157 Å². The Morgan fingerprint density at radius 3 is 2.89 bits per heavy atom. The SMILES string of the molecule is CCn1cc([C@H](NC(=O)[C@H]2CCCO2)c2ccc(F)cc2)c2ccncc21. The minimum Gasteiger partial charge on any atom is -0.368 e. The van der Waals surface area contributed by atoms with Crippen LogP contribution in [0, 0.1) is 5.82 Å². The van der Waals surface area contributed by atoms with Crippen LogP contribution in [0.2, 0.25) is 0 Å². The topological polar surface area (TPSA) is 56.2 Å². The highest BCUT2D eigenvalue weighted by Crippen LogP contribution is 2.31. The van der Waals surface area contributed by atoms with Gasteiger partial charge in [-0.15, -0.1) is 0 Å². The fraction of sp³-hybridized carbons (Fsp3) is 0.333. The largest absolute Gasteiger partial charge is 0.368 e. The summed E-state index contributed by atoms with van der Waals surface area (Å²) in [5, 5.41) is 4.14. The van der Waals surface area contributed by atoms with Crippen LogP contribution in [-0.2, 0) is 16.1 Å². The Kier molecular flexibility index (Phi) is 4.90. The number of carbonyl (C=O) groups excluding carboxylic acids is 1. The number of ether oxygens (including phenoxy) is 1. The van der Waals surface area contributed by atoms with Gasteiger partial charge in [-0.2, -0.15) is 0 Å². The average molecular weight is 367 g/mol. The van der Waals surface area contributed by atoms with Crippen molar-refractivity contribution in [2.75, 3.05) is 6.61 Å². The van der Waals surface area contributed by atoms with Gasteiger partial charge >= 0.3 is 0 Å². The fourth-order valence-corrected chi connectivity index (χ4v) is 3.67. The molecule has 0 spiro atoms. The van der Waals surface area contributed by atoms with Crippen molar-refractivity contribution in [1.82, 2.24) is 14.9 Å². The number of nitrogens with one attached hydrogen (secondary N) is 1. The quantitative estimate of drug-likeness (QED) is 0.750. The van der Waals surface area contributed by atoms with Gasteiger partial charge < -0.3 is 14.6 Å². The van der Waals surface area contributed by atoms with Crippen molar-refractivity contribution < 1.29 is 13.9 Å². The molecule has 3 aromatic rings. The third-order valence-corrected chi connectivity index (χ3v) is 5.08. The Balaban J connectivity index is 1.78. The van der Waals surface area contributed by atoms with E-state index in [1.807, 2.05) is 18.5 Å². The minimum atomic E-state index is -0.422. The number of pyridine rings is 1. The molecule has 2 atom stereocenters. The molecule has 140 valence electrons. The molecule has 0 radical (unpaired) electrons. The molecule has 0 saturated carbocycles. The molecule has 0 aliphatic carbocycles. The van der Waals surface area contributed by atoms with Crippen molar-refractivity contribution >= 4 is 16.8 Å². The van der Waals surface area contributed by atoms with Gasteiger partial charge in [-0.25, -0.2) is 4.39 Å². The van der Waals surface area contributed by atoms with Crippen LogP contribution < -0.4 is 5.32 Å². The van der Waals surface area contributed by atoms with Gasteiger partial charge in [0.25, 0.3) is 0 Å². The van der Waals surface area contributed by atoms with E-state index in [0.29, 0.717) is 6.61 Å². The summed E-state index contributed by atoms with van der Waals surface area (Å²) in [6, 6.07) is 7.83. The second kappa shape index (κ2) is 7.48. The smallest absolute Gasteiger partial charge is 0.249 e. The summed E-state index contributed by atoms with van der Waals surface area (Å²) >= 11 is 0. The van der Waals surface area contributed by atoms with E-state index in [9.17, 15) is 9.18 Å². The van der Waals surface area contributed by atoms with Crippen molar-refractivity contribution in [1.29, 1.82) is 0 Å². The highest BCUT2D eigenvalue weighted by Gasteiger charge is 2.28. The molecule has 3 heterocycles. The predicted octanol–water partition coefficient (Wildman–Crippen LogP) is 3.58. The number of hydrogen-bond donors (Lipinski definition) is 1. The van der Waals surface area contributed by atoms with Crippen LogP contribution >= 0.6 is 0 Å². The molecule has 6 heteroatoms. The lowest BCUT2D eigenvalue weighted by atomic mass is 9.98. The first kappa shape index (κ1) is 17.7. The number of amides is 1. The monoisotopic (exact) mass is 367 g/mol. The second-order valence-corrected chi connectivity index (χ2v) is 6.76. The summed E-state index contributed by atoms with van der Waals surface area (Å²) in [6.07, 6.45) is 6.80. The summed E-state index contributed by atoms with van der Waals surface area (Å²) < 4.78 is 21.1. The number of aryl methyl sites for hydroxylation is 1. The van der Waals surface area contributed by atoms with Gasteiger partial charge in [-0.1, -0.05) is 12.1 Å². The van der Waals surface area contributed by atoms with E-state index in [4.69, 9.17) is 4.74 Å². The fourth-order valence-electron chi connectivity index (χ4n) is 3.67. The number of aromatic nitrogens is 2. The third-order valence-electron chi connectivity index (χ3n) is 5.08. The molecular formula is C21H22FN3O2. The molecule has 0 bridgehead atoms. The predicted molar refractivity (Wildman–Crippen MR) is 101 cm³/mol. The van der Waals surface area contributed by atoms with E-state index in [-0.39, 0.29) is 17.8 Å². The molecule has 1 aliphatic rings. The lowest BCUT2D eigenvalue weighted by Crippen LogP contribution is -2.37. The summed E-state index contributed by atoms with van der Waals surface area (Å²) in [5.41, 5.74) is 2.80. The zero-order valence-corrected chi connectivity index (χ0v) is 15.2. The van der Waals surface area contributed by atoms with Crippen molar-refractivity contribution in [2.45, 2.75) is 38.5 Å². The molecular weight excluding hydrogens is 345 g/mol. The van der Waals surface area contributed by atoms with Crippen molar-refractivity contribution in [2.24, 2.45) is 0 Å². The zero-order valence-electron chi connectivity index (χ0n) is 15.2. The molecule has 1 saturated heterocycles. The van der Waals surface area contributed by atoms with Crippen LogP contribution in [0.15, 0.2) is 48.9 Å². The molecule has 2 aromatic heterocycles. The Hall–Kier alpha value is -2.73. The maximum Gasteiger partial charge on any atom is 0.249 e. The number of halogens is 1. The summed E-state index contributed by atoms with van der Waals surface area (Å²) in [5.74, 6) is -0.434. The Morgan fingerprint density at radius 2 is 2.19 bits per heavy atom. The van der Waals surface area contributed by atoms with Gasteiger partial charge in [0.2, 0.25) is 5.91 Å². The highest BCUT2D eigenvalue weighted by atomic mass is 19.1. The van der Waals surface area contributed by atoms with Crippen LogP contribution in [-0.4, -0.2) is 28.2 Å².